The average molecular weight is 267 g/mol. The fourth-order valence-corrected chi connectivity index (χ4v) is 3.30. The van der Waals surface area contributed by atoms with E-state index in [1.54, 1.807) is 0 Å². The van der Waals surface area contributed by atoms with Crippen LogP contribution >= 0.6 is 0 Å². The Hall–Kier alpha value is -0.610. The maximum absolute atomic E-state index is 12.4. The topological polar surface area (TPSA) is 44.4 Å². The van der Waals surface area contributed by atoms with Crippen molar-refractivity contribution in [2.45, 2.75) is 51.5 Å². The summed E-state index contributed by atoms with van der Waals surface area (Å²) in [4.78, 5) is 14.6. The quantitative estimate of drug-likeness (QED) is 0.764. The van der Waals surface area contributed by atoms with E-state index in [1.165, 1.54) is 12.8 Å². The normalized spacial score (nSPS) is 24.6. The van der Waals surface area contributed by atoms with Gasteiger partial charge in [-0.2, -0.15) is 0 Å². The van der Waals surface area contributed by atoms with Crippen LogP contribution in [0.25, 0.3) is 0 Å². The number of rotatable bonds is 6. The molecule has 0 aliphatic carbocycles. The Morgan fingerprint density at radius 2 is 1.89 bits per heavy atom. The summed E-state index contributed by atoms with van der Waals surface area (Å²) in [5, 5.41) is 6.76. The largest absolute Gasteiger partial charge is 0.338 e. The molecule has 4 heteroatoms. The number of hydrogen-bond acceptors (Lipinski definition) is 3. The summed E-state index contributed by atoms with van der Waals surface area (Å²) in [6.07, 6.45) is 6.51. The van der Waals surface area contributed by atoms with Crippen molar-refractivity contribution >= 4 is 5.91 Å². The van der Waals surface area contributed by atoms with Gasteiger partial charge in [0.05, 0.1) is 0 Å². The van der Waals surface area contributed by atoms with E-state index in [0.717, 1.165) is 64.3 Å². The highest BCUT2D eigenvalue weighted by molar-refractivity contribution is 5.76. The van der Waals surface area contributed by atoms with Crippen molar-refractivity contribution in [2.24, 2.45) is 5.92 Å². The molecule has 2 N–H and O–H groups in total. The predicted octanol–water partition coefficient (Wildman–Crippen LogP) is 1.37. The molecule has 2 fully saturated rings. The molecule has 19 heavy (non-hydrogen) atoms. The van der Waals surface area contributed by atoms with Crippen molar-refractivity contribution in [2.75, 3.05) is 32.7 Å². The summed E-state index contributed by atoms with van der Waals surface area (Å²) in [5.74, 6) is 1.14. The van der Waals surface area contributed by atoms with Crippen LogP contribution in [-0.2, 0) is 4.79 Å². The van der Waals surface area contributed by atoms with Crippen molar-refractivity contribution < 1.29 is 4.79 Å². The van der Waals surface area contributed by atoms with E-state index in [0.29, 0.717) is 11.9 Å². The summed E-state index contributed by atoms with van der Waals surface area (Å²) in [7, 11) is 0. The second kappa shape index (κ2) is 7.85. The molecule has 2 heterocycles. The van der Waals surface area contributed by atoms with Gasteiger partial charge in [-0.25, -0.2) is 0 Å². The van der Waals surface area contributed by atoms with Crippen molar-refractivity contribution in [3.63, 3.8) is 0 Å². The minimum atomic E-state index is 0.383. The Morgan fingerprint density at radius 1 is 1.16 bits per heavy atom. The lowest BCUT2D eigenvalue weighted by molar-refractivity contribution is -0.133. The van der Waals surface area contributed by atoms with Crippen molar-refractivity contribution in [1.82, 2.24) is 15.5 Å². The summed E-state index contributed by atoms with van der Waals surface area (Å²) in [6.45, 7) is 7.40. The molecular weight excluding hydrogens is 238 g/mol. The van der Waals surface area contributed by atoms with Crippen molar-refractivity contribution in [1.29, 1.82) is 0 Å². The highest BCUT2D eigenvalue weighted by atomic mass is 16.2. The maximum atomic E-state index is 12.4. The lowest BCUT2D eigenvalue weighted by Gasteiger charge is -2.29. The minimum Gasteiger partial charge on any atom is -0.338 e. The fourth-order valence-electron chi connectivity index (χ4n) is 3.30. The second-order valence-corrected chi connectivity index (χ2v) is 5.97. The molecule has 2 aliphatic heterocycles. The van der Waals surface area contributed by atoms with Gasteiger partial charge in [-0.1, -0.05) is 6.92 Å². The highest BCUT2D eigenvalue weighted by Crippen LogP contribution is 2.19. The molecule has 0 saturated carbocycles. The van der Waals surface area contributed by atoms with E-state index in [1.807, 2.05) is 0 Å². The van der Waals surface area contributed by atoms with E-state index in [2.05, 4.69) is 22.5 Å². The number of nitrogens with one attached hydrogen (secondary N) is 2. The smallest absolute Gasteiger partial charge is 0.222 e. The second-order valence-electron chi connectivity index (χ2n) is 5.97. The zero-order chi connectivity index (χ0) is 13.5. The number of carbonyl (C=O) groups excluding carboxylic acids is 1. The molecule has 0 aromatic carbocycles. The molecule has 1 atom stereocenters. The zero-order valence-corrected chi connectivity index (χ0v) is 12.3. The first kappa shape index (κ1) is 14.8. The van der Waals surface area contributed by atoms with Gasteiger partial charge in [0.25, 0.3) is 0 Å². The number of hydrogen-bond donors (Lipinski definition) is 2. The van der Waals surface area contributed by atoms with Crippen molar-refractivity contribution in [3.8, 4) is 0 Å². The summed E-state index contributed by atoms with van der Waals surface area (Å²) < 4.78 is 0. The Balaban J connectivity index is 1.77. The maximum Gasteiger partial charge on any atom is 0.222 e. The van der Waals surface area contributed by atoms with E-state index >= 15 is 0 Å². The Kier molecular flexibility index (Phi) is 6.11. The van der Waals surface area contributed by atoms with Crippen LogP contribution in [0.1, 0.15) is 45.4 Å². The lowest BCUT2D eigenvalue weighted by atomic mass is 9.93. The van der Waals surface area contributed by atoms with E-state index in [4.69, 9.17) is 0 Å². The third kappa shape index (κ3) is 4.46. The molecule has 1 amide bonds. The Bertz CT molecular complexity index is 271. The minimum absolute atomic E-state index is 0.383. The van der Waals surface area contributed by atoms with Gasteiger partial charge in [0, 0.05) is 25.6 Å². The Morgan fingerprint density at radius 3 is 2.53 bits per heavy atom. The lowest BCUT2D eigenvalue weighted by Crippen LogP contribution is -2.42. The van der Waals surface area contributed by atoms with Gasteiger partial charge >= 0.3 is 0 Å². The van der Waals surface area contributed by atoms with Crippen LogP contribution in [0.15, 0.2) is 0 Å². The number of amides is 1. The van der Waals surface area contributed by atoms with Crippen molar-refractivity contribution in [3.05, 3.63) is 0 Å². The van der Waals surface area contributed by atoms with Crippen LogP contribution in [0.2, 0.25) is 0 Å². The van der Waals surface area contributed by atoms with Gasteiger partial charge in [-0.05, 0) is 57.7 Å². The summed E-state index contributed by atoms with van der Waals surface area (Å²) in [6, 6.07) is 0.445. The molecule has 110 valence electrons. The molecule has 0 aromatic rings. The monoisotopic (exact) mass is 267 g/mol. The van der Waals surface area contributed by atoms with Crippen LogP contribution in [0.4, 0.5) is 0 Å². The third-order valence-corrected chi connectivity index (χ3v) is 4.49. The molecule has 0 bridgehead atoms. The predicted molar refractivity (Wildman–Crippen MR) is 78.1 cm³/mol. The molecule has 1 unspecified atom stereocenters. The first-order valence-corrected chi connectivity index (χ1v) is 8.02. The fraction of sp³-hybridized carbons (Fsp3) is 0.933. The number of nitrogens with zero attached hydrogens (tertiary/aromatic N) is 1. The van der Waals surface area contributed by atoms with Gasteiger partial charge in [-0.15, -0.1) is 0 Å². The molecule has 2 saturated heterocycles. The van der Waals surface area contributed by atoms with E-state index < -0.39 is 0 Å². The molecule has 4 nitrogen and oxygen atoms in total. The number of carbonyl (C=O) groups is 1. The molecule has 2 aliphatic rings. The third-order valence-electron chi connectivity index (χ3n) is 4.49. The van der Waals surface area contributed by atoms with Crippen LogP contribution < -0.4 is 10.6 Å². The van der Waals surface area contributed by atoms with E-state index in [9.17, 15) is 4.79 Å². The van der Waals surface area contributed by atoms with Gasteiger partial charge in [-0.3, -0.25) is 4.79 Å². The first-order valence-electron chi connectivity index (χ1n) is 8.02. The van der Waals surface area contributed by atoms with Gasteiger partial charge < -0.3 is 15.5 Å². The standard InChI is InChI=1S/C15H29N3O/c1-2-11-18(14-7-10-17-12-14)15(19)4-3-13-5-8-16-9-6-13/h13-14,16-17H,2-12H2,1H3. The van der Waals surface area contributed by atoms with Gasteiger partial charge in [0.15, 0.2) is 0 Å². The molecular formula is C15H29N3O. The van der Waals surface area contributed by atoms with E-state index in [-0.39, 0.29) is 0 Å². The molecule has 0 aromatic heterocycles. The first-order chi connectivity index (χ1) is 9.31. The zero-order valence-electron chi connectivity index (χ0n) is 12.3. The van der Waals surface area contributed by atoms with Crippen LogP contribution in [0.5, 0.6) is 0 Å². The number of piperidine rings is 1. The van der Waals surface area contributed by atoms with Gasteiger partial charge in [0.1, 0.15) is 0 Å². The molecule has 0 radical (unpaired) electrons. The van der Waals surface area contributed by atoms with Crippen LogP contribution in [0, 0.1) is 5.92 Å². The molecule has 2 rings (SSSR count). The summed E-state index contributed by atoms with van der Waals surface area (Å²) in [5.41, 5.74) is 0. The Labute approximate surface area is 117 Å². The SMILES string of the molecule is CCCN(C(=O)CCC1CCNCC1)C1CCNC1. The summed E-state index contributed by atoms with van der Waals surface area (Å²) >= 11 is 0. The van der Waals surface area contributed by atoms with Crippen LogP contribution in [0.3, 0.4) is 0 Å². The van der Waals surface area contributed by atoms with Crippen LogP contribution in [-0.4, -0.2) is 49.6 Å². The molecule has 0 spiro atoms. The van der Waals surface area contributed by atoms with Gasteiger partial charge in [0.2, 0.25) is 5.91 Å². The highest BCUT2D eigenvalue weighted by Gasteiger charge is 2.26. The average Bonchev–Trinajstić information content (AvgIpc) is 2.97.